The smallest absolute Gasteiger partial charge is 0.146 e. The lowest BCUT2D eigenvalue weighted by molar-refractivity contribution is 0.627. The maximum atomic E-state index is 12.9. The topological polar surface area (TPSA) is 25.8 Å². The molecule has 0 radical (unpaired) electrons. The lowest BCUT2D eigenvalue weighted by Gasteiger charge is -2.06. The van der Waals surface area contributed by atoms with Crippen molar-refractivity contribution in [2.24, 2.45) is 0 Å². The summed E-state index contributed by atoms with van der Waals surface area (Å²) in [5.41, 5.74) is 1.60. The van der Waals surface area contributed by atoms with E-state index in [0.717, 1.165) is 14.8 Å². The monoisotopic (exact) mass is 396 g/mol. The molecule has 0 bridgehead atoms. The molecule has 94 valence electrons. The van der Waals surface area contributed by atoms with Crippen molar-refractivity contribution in [1.82, 2.24) is 9.97 Å². The summed E-state index contributed by atoms with van der Waals surface area (Å²) in [7, 11) is 0. The van der Waals surface area contributed by atoms with Crippen molar-refractivity contribution in [3.05, 3.63) is 54.8 Å². The van der Waals surface area contributed by atoms with E-state index in [-0.39, 0.29) is 5.82 Å². The van der Waals surface area contributed by atoms with E-state index in [9.17, 15) is 4.39 Å². The van der Waals surface area contributed by atoms with Crippen molar-refractivity contribution < 1.29 is 4.39 Å². The van der Waals surface area contributed by atoms with Crippen LogP contribution in [0.25, 0.3) is 0 Å². The summed E-state index contributed by atoms with van der Waals surface area (Å²) in [6.45, 7) is 1.87. The van der Waals surface area contributed by atoms with Gasteiger partial charge in [0.05, 0.1) is 9.26 Å². The number of nitrogens with zero attached hydrogens (tertiary/aromatic N) is 2. The van der Waals surface area contributed by atoms with E-state index in [1.165, 1.54) is 12.1 Å². The Morgan fingerprint density at radius 3 is 2.61 bits per heavy atom. The number of rotatable bonds is 2. The molecule has 1 heterocycles. The second kappa shape index (κ2) is 5.67. The van der Waals surface area contributed by atoms with Gasteiger partial charge in [-0.25, -0.2) is 14.4 Å². The molecule has 1 aromatic heterocycles. The van der Waals surface area contributed by atoms with Crippen LogP contribution in [0.2, 0.25) is 10.2 Å². The summed E-state index contributed by atoms with van der Waals surface area (Å²) >= 11 is 14.1. The molecule has 0 fully saturated rings. The van der Waals surface area contributed by atoms with E-state index in [4.69, 9.17) is 23.2 Å². The average Bonchev–Trinajstić information content (AvgIpc) is 2.29. The largest absolute Gasteiger partial charge is 0.237 e. The Labute approximate surface area is 128 Å². The van der Waals surface area contributed by atoms with Crippen LogP contribution in [0, 0.1) is 16.3 Å². The lowest BCUT2D eigenvalue weighted by Crippen LogP contribution is -2.02. The Bertz CT molecular complexity index is 582. The van der Waals surface area contributed by atoms with Gasteiger partial charge in [0.25, 0.3) is 0 Å². The molecule has 0 amide bonds. The first kappa shape index (κ1) is 14.0. The zero-order valence-electron chi connectivity index (χ0n) is 9.35. The molecule has 2 nitrogen and oxygen atoms in total. The van der Waals surface area contributed by atoms with Gasteiger partial charge in [-0.3, -0.25) is 0 Å². The van der Waals surface area contributed by atoms with Crippen LogP contribution in [0.1, 0.15) is 17.1 Å². The summed E-state index contributed by atoms with van der Waals surface area (Å²) in [5.74, 6) is 0.216. The van der Waals surface area contributed by atoms with E-state index in [1.807, 2.05) is 6.92 Å². The van der Waals surface area contributed by atoms with Crippen LogP contribution < -0.4 is 0 Å². The van der Waals surface area contributed by atoms with Crippen molar-refractivity contribution in [3.63, 3.8) is 0 Å². The van der Waals surface area contributed by atoms with Crippen LogP contribution in [0.3, 0.4) is 0 Å². The molecule has 0 atom stereocenters. The molecule has 0 aliphatic carbocycles. The van der Waals surface area contributed by atoms with E-state index in [0.29, 0.717) is 22.4 Å². The molecule has 0 spiro atoms. The van der Waals surface area contributed by atoms with Crippen LogP contribution >= 0.6 is 45.8 Å². The highest BCUT2D eigenvalue weighted by atomic mass is 127. The van der Waals surface area contributed by atoms with Crippen molar-refractivity contribution in [3.8, 4) is 0 Å². The molecule has 0 aliphatic rings. The Morgan fingerprint density at radius 1 is 1.28 bits per heavy atom. The second-order valence-corrected chi connectivity index (χ2v) is 5.59. The fraction of sp³-hybridized carbons (Fsp3) is 0.167. The van der Waals surface area contributed by atoms with E-state index in [2.05, 4.69) is 32.6 Å². The molecular weight excluding hydrogens is 389 g/mol. The number of hydrogen-bond acceptors (Lipinski definition) is 2. The van der Waals surface area contributed by atoms with Gasteiger partial charge in [-0.15, -0.1) is 0 Å². The quantitative estimate of drug-likeness (QED) is 0.554. The minimum absolute atomic E-state index is 0.360. The van der Waals surface area contributed by atoms with Gasteiger partial charge in [0.1, 0.15) is 16.8 Å². The highest BCUT2D eigenvalue weighted by Crippen LogP contribution is 2.22. The zero-order chi connectivity index (χ0) is 13.3. The predicted octanol–water partition coefficient (Wildman–Crippen LogP) is 4.43. The highest BCUT2D eigenvalue weighted by Gasteiger charge is 2.10. The van der Waals surface area contributed by atoms with Crippen LogP contribution in [-0.2, 0) is 6.42 Å². The van der Waals surface area contributed by atoms with Crippen molar-refractivity contribution in [2.75, 3.05) is 0 Å². The summed E-state index contributed by atoms with van der Waals surface area (Å²) in [6, 6.07) is 4.27. The first-order valence-electron chi connectivity index (χ1n) is 5.10. The van der Waals surface area contributed by atoms with Gasteiger partial charge in [0.15, 0.2) is 0 Å². The summed E-state index contributed by atoms with van der Waals surface area (Å²) < 4.78 is 13.8. The van der Waals surface area contributed by atoms with Crippen LogP contribution in [-0.4, -0.2) is 9.97 Å². The average molecular weight is 397 g/mol. The first-order chi connectivity index (χ1) is 8.47. The molecule has 2 rings (SSSR count). The Kier molecular flexibility index (Phi) is 4.40. The van der Waals surface area contributed by atoms with Gasteiger partial charge < -0.3 is 0 Å². The van der Waals surface area contributed by atoms with Crippen LogP contribution in [0.4, 0.5) is 4.39 Å². The number of halogens is 4. The van der Waals surface area contributed by atoms with Gasteiger partial charge in [-0.2, -0.15) is 0 Å². The van der Waals surface area contributed by atoms with Crippen LogP contribution in [0.5, 0.6) is 0 Å². The number of benzene rings is 1. The number of aromatic nitrogens is 2. The minimum atomic E-state index is -0.360. The minimum Gasteiger partial charge on any atom is -0.237 e. The Balaban J connectivity index is 2.34. The first-order valence-corrected chi connectivity index (χ1v) is 6.93. The fourth-order valence-electron chi connectivity index (χ4n) is 1.49. The molecule has 1 aromatic carbocycles. The van der Waals surface area contributed by atoms with E-state index < -0.39 is 0 Å². The van der Waals surface area contributed by atoms with E-state index >= 15 is 0 Å². The lowest BCUT2D eigenvalue weighted by atomic mass is 10.1. The summed E-state index contributed by atoms with van der Waals surface area (Å²) in [4.78, 5) is 8.52. The number of aryl methyl sites for hydroxylation is 1. The molecule has 2 aromatic rings. The van der Waals surface area contributed by atoms with Crippen molar-refractivity contribution in [2.45, 2.75) is 13.3 Å². The third-order valence-corrected chi connectivity index (χ3v) is 4.62. The molecular formula is C12H8Cl2FIN2. The maximum Gasteiger partial charge on any atom is 0.146 e. The zero-order valence-corrected chi connectivity index (χ0v) is 13.0. The fourth-order valence-corrected chi connectivity index (χ4v) is 2.20. The normalized spacial score (nSPS) is 10.7. The Hall–Kier alpha value is -0.460. The molecule has 0 saturated carbocycles. The molecule has 0 saturated heterocycles. The highest BCUT2D eigenvalue weighted by molar-refractivity contribution is 14.1. The molecule has 6 heteroatoms. The van der Waals surface area contributed by atoms with E-state index in [1.54, 1.807) is 6.07 Å². The molecule has 0 aliphatic heterocycles. The van der Waals surface area contributed by atoms with Crippen LogP contribution in [0.15, 0.2) is 18.2 Å². The molecule has 0 unspecified atom stereocenters. The summed E-state index contributed by atoms with van der Waals surface area (Å²) in [6.07, 6.45) is 0.427. The predicted molar refractivity (Wildman–Crippen MR) is 78.7 cm³/mol. The van der Waals surface area contributed by atoms with Gasteiger partial charge in [-0.05, 0) is 47.2 Å². The molecule has 18 heavy (non-hydrogen) atoms. The van der Waals surface area contributed by atoms with Gasteiger partial charge in [0, 0.05) is 11.4 Å². The third kappa shape index (κ3) is 3.10. The Morgan fingerprint density at radius 2 is 2.00 bits per heavy atom. The van der Waals surface area contributed by atoms with Gasteiger partial charge in [0.2, 0.25) is 0 Å². The van der Waals surface area contributed by atoms with Crippen molar-refractivity contribution in [1.29, 1.82) is 0 Å². The van der Waals surface area contributed by atoms with Gasteiger partial charge in [-0.1, -0.05) is 29.3 Å². The third-order valence-electron chi connectivity index (χ3n) is 2.39. The van der Waals surface area contributed by atoms with Crippen molar-refractivity contribution >= 4 is 45.8 Å². The molecule has 0 N–H and O–H groups in total. The van der Waals surface area contributed by atoms with Gasteiger partial charge >= 0.3 is 0 Å². The standard InChI is InChI=1S/C12H8Cl2FIN2/c1-6-11(16)12(14)18-10(17-6)4-7-2-3-8(15)5-9(7)13/h2-3,5H,4H2,1H3. The maximum absolute atomic E-state index is 12.9. The SMILES string of the molecule is Cc1nc(Cc2ccc(F)cc2Cl)nc(Cl)c1I. The number of hydrogen-bond donors (Lipinski definition) is 0. The second-order valence-electron chi connectivity index (χ2n) is 3.74. The summed E-state index contributed by atoms with van der Waals surface area (Å²) in [5, 5.41) is 0.794.